The molecule has 0 spiro atoms. The van der Waals surface area contributed by atoms with Gasteiger partial charge in [0.05, 0.1) is 5.52 Å². The van der Waals surface area contributed by atoms with Crippen molar-refractivity contribution in [2.45, 2.75) is 13.3 Å². The maximum atomic E-state index is 4.72. The number of benzene rings is 1. The van der Waals surface area contributed by atoms with Crippen molar-refractivity contribution in [2.75, 3.05) is 23.3 Å². The Morgan fingerprint density at radius 3 is 2.71 bits per heavy atom. The van der Waals surface area contributed by atoms with Crippen LogP contribution in [0.5, 0.6) is 0 Å². The Morgan fingerprint density at radius 1 is 1.12 bits per heavy atom. The lowest BCUT2D eigenvalue weighted by molar-refractivity contribution is 0.786. The predicted octanol–water partition coefficient (Wildman–Crippen LogP) is 3.85. The van der Waals surface area contributed by atoms with Crippen LogP contribution in [0.15, 0.2) is 36.4 Å². The molecule has 0 amide bonds. The fourth-order valence-corrected chi connectivity index (χ4v) is 2.37. The summed E-state index contributed by atoms with van der Waals surface area (Å²) in [5.74, 6) is 1.07. The van der Waals surface area contributed by atoms with E-state index in [4.69, 9.17) is 4.98 Å². The number of alkyl halides is 1. The van der Waals surface area contributed by atoms with Crippen LogP contribution in [0.2, 0.25) is 0 Å². The molecule has 0 unspecified atom stereocenters. The molecule has 3 heteroatoms. The molecule has 0 aliphatic carbocycles. The molecule has 1 heterocycles. The molecule has 0 aliphatic rings. The van der Waals surface area contributed by atoms with Gasteiger partial charge in [0.15, 0.2) is 0 Å². The van der Waals surface area contributed by atoms with E-state index in [1.807, 2.05) is 12.1 Å². The maximum absolute atomic E-state index is 4.72. The zero-order valence-electron chi connectivity index (χ0n) is 10.1. The fourth-order valence-electron chi connectivity index (χ4n) is 1.94. The van der Waals surface area contributed by atoms with Crippen LogP contribution in [-0.4, -0.2) is 23.4 Å². The average molecular weight is 293 g/mol. The number of pyridine rings is 1. The van der Waals surface area contributed by atoms with E-state index >= 15 is 0 Å². The summed E-state index contributed by atoms with van der Waals surface area (Å²) in [4.78, 5) is 7.04. The number of nitrogens with zero attached hydrogens (tertiary/aromatic N) is 2. The maximum Gasteiger partial charge on any atom is 0.129 e. The highest BCUT2D eigenvalue weighted by Crippen LogP contribution is 2.18. The lowest BCUT2D eigenvalue weighted by Gasteiger charge is -2.22. The van der Waals surface area contributed by atoms with Crippen molar-refractivity contribution in [3.05, 3.63) is 36.4 Å². The summed E-state index contributed by atoms with van der Waals surface area (Å²) in [5, 5.41) is 2.17. The van der Waals surface area contributed by atoms with E-state index in [0.717, 1.165) is 36.2 Å². The molecule has 1 aromatic carbocycles. The van der Waals surface area contributed by atoms with Gasteiger partial charge >= 0.3 is 0 Å². The van der Waals surface area contributed by atoms with E-state index < -0.39 is 0 Å². The molecule has 0 saturated carbocycles. The summed E-state index contributed by atoms with van der Waals surface area (Å²) < 4.78 is 0. The standard InChI is InChI=1S/C14H17BrN2/c1-2-10-17(11-9-15)14-8-7-12-5-3-4-6-13(12)16-14/h3-8H,2,9-11H2,1H3. The van der Waals surface area contributed by atoms with Crippen molar-refractivity contribution in [3.8, 4) is 0 Å². The van der Waals surface area contributed by atoms with Crippen molar-refractivity contribution in [3.63, 3.8) is 0 Å². The second-order valence-electron chi connectivity index (χ2n) is 4.04. The van der Waals surface area contributed by atoms with E-state index in [1.54, 1.807) is 0 Å². The van der Waals surface area contributed by atoms with Crippen molar-refractivity contribution in [1.82, 2.24) is 4.98 Å². The van der Waals surface area contributed by atoms with Gasteiger partial charge in [-0.05, 0) is 24.6 Å². The molecule has 0 atom stereocenters. The number of rotatable bonds is 5. The summed E-state index contributed by atoms with van der Waals surface area (Å²) in [7, 11) is 0. The van der Waals surface area contributed by atoms with Crippen molar-refractivity contribution < 1.29 is 0 Å². The second-order valence-corrected chi connectivity index (χ2v) is 4.83. The molecule has 2 aromatic rings. The zero-order valence-corrected chi connectivity index (χ0v) is 11.7. The van der Waals surface area contributed by atoms with Crippen molar-refractivity contribution in [2.24, 2.45) is 0 Å². The lowest BCUT2D eigenvalue weighted by Crippen LogP contribution is -2.26. The summed E-state index contributed by atoms with van der Waals surface area (Å²) in [6.07, 6.45) is 1.14. The average Bonchev–Trinajstić information content (AvgIpc) is 2.38. The Bertz CT molecular complexity index is 478. The normalized spacial score (nSPS) is 10.7. The van der Waals surface area contributed by atoms with Crippen LogP contribution < -0.4 is 4.90 Å². The molecule has 90 valence electrons. The van der Waals surface area contributed by atoms with Gasteiger partial charge in [0.1, 0.15) is 5.82 Å². The van der Waals surface area contributed by atoms with Gasteiger partial charge in [-0.1, -0.05) is 41.1 Å². The first-order valence-corrected chi connectivity index (χ1v) is 7.14. The Kier molecular flexibility index (Phi) is 4.37. The number of anilines is 1. The van der Waals surface area contributed by atoms with Crippen molar-refractivity contribution in [1.29, 1.82) is 0 Å². The van der Waals surface area contributed by atoms with Gasteiger partial charge in [0.2, 0.25) is 0 Å². The number of aromatic nitrogens is 1. The highest BCUT2D eigenvalue weighted by molar-refractivity contribution is 9.09. The van der Waals surface area contributed by atoms with Gasteiger partial charge in [-0.2, -0.15) is 0 Å². The SMILES string of the molecule is CCCN(CCBr)c1ccc2ccccc2n1. The third-order valence-corrected chi connectivity index (χ3v) is 3.11. The van der Waals surface area contributed by atoms with E-state index in [9.17, 15) is 0 Å². The Hall–Kier alpha value is -1.09. The quantitative estimate of drug-likeness (QED) is 0.778. The Labute approximate surface area is 111 Å². The van der Waals surface area contributed by atoms with Crippen LogP contribution in [-0.2, 0) is 0 Å². The summed E-state index contributed by atoms with van der Waals surface area (Å²) in [6, 6.07) is 12.5. The minimum absolute atomic E-state index is 0.974. The fraction of sp³-hybridized carbons (Fsp3) is 0.357. The van der Waals surface area contributed by atoms with Gasteiger partial charge in [0.25, 0.3) is 0 Å². The van der Waals surface area contributed by atoms with Gasteiger partial charge in [-0.25, -0.2) is 4.98 Å². The van der Waals surface area contributed by atoms with E-state index in [0.29, 0.717) is 0 Å². The van der Waals surface area contributed by atoms with Crippen LogP contribution in [0, 0.1) is 0 Å². The largest absolute Gasteiger partial charge is 0.356 e. The minimum Gasteiger partial charge on any atom is -0.356 e. The van der Waals surface area contributed by atoms with Gasteiger partial charge < -0.3 is 4.90 Å². The molecular formula is C14H17BrN2. The number of fused-ring (bicyclic) bond motifs is 1. The second kappa shape index (κ2) is 6.01. The molecule has 1 aromatic heterocycles. The first kappa shape index (κ1) is 12.4. The Morgan fingerprint density at radius 2 is 1.94 bits per heavy atom. The number of hydrogen-bond acceptors (Lipinski definition) is 2. The molecule has 2 nitrogen and oxygen atoms in total. The highest BCUT2D eigenvalue weighted by Gasteiger charge is 2.06. The number of halogens is 1. The van der Waals surface area contributed by atoms with E-state index in [1.165, 1.54) is 5.39 Å². The molecule has 0 fully saturated rings. The third-order valence-electron chi connectivity index (χ3n) is 2.76. The summed E-state index contributed by atoms with van der Waals surface area (Å²) >= 11 is 3.50. The summed E-state index contributed by atoms with van der Waals surface area (Å²) in [5.41, 5.74) is 1.07. The molecule has 0 aliphatic heterocycles. The van der Waals surface area contributed by atoms with Crippen molar-refractivity contribution >= 4 is 32.7 Å². The van der Waals surface area contributed by atoms with E-state index in [2.05, 4.69) is 52.0 Å². The van der Waals surface area contributed by atoms with Gasteiger partial charge in [-0.15, -0.1) is 0 Å². The smallest absolute Gasteiger partial charge is 0.129 e. The third kappa shape index (κ3) is 2.97. The molecule has 0 radical (unpaired) electrons. The molecule has 0 N–H and O–H groups in total. The van der Waals surface area contributed by atoms with Crippen LogP contribution in [0.3, 0.4) is 0 Å². The molecule has 17 heavy (non-hydrogen) atoms. The molecule has 0 bridgehead atoms. The van der Waals surface area contributed by atoms with Crippen LogP contribution in [0.4, 0.5) is 5.82 Å². The molecule has 2 rings (SSSR count). The lowest BCUT2D eigenvalue weighted by atomic mass is 10.2. The number of para-hydroxylation sites is 1. The first-order chi connectivity index (χ1) is 8.35. The zero-order chi connectivity index (χ0) is 12.1. The number of hydrogen-bond donors (Lipinski definition) is 0. The van der Waals surface area contributed by atoms with Crippen LogP contribution in [0.1, 0.15) is 13.3 Å². The molecular weight excluding hydrogens is 276 g/mol. The van der Waals surface area contributed by atoms with E-state index in [-0.39, 0.29) is 0 Å². The predicted molar refractivity (Wildman–Crippen MR) is 78.0 cm³/mol. The topological polar surface area (TPSA) is 16.1 Å². The Balaban J connectivity index is 2.32. The minimum atomic E-state index is 0.974. The summed E-state index contributed by atoms with van der Waals surface area (Å²) in [6.45, 7) is 4.25. The van der Waals surface area contributed by atoms with Gasteiger partial charge in [-0.3, -0.25) is 0 Å². The van der Waals surface area contributed by atoms with Crippen LogP contribution >= 0.6 is 15.9 Å². The molecule has 0 saturated heterocycles. The van der Waals surface area contributed by atoms with Crippen LogP contribution in [0.25, 0.3) is 10.9 Å². The van der Waals surface area contributed by atoms with Gasteiger partial charge in [0, 0.05) is 23.8 Å². The first-order valence-electron chi connectivity index (χ1n) is 6.02. The highest BCUT2D eigenvalue weighted by atomic mass is 79.9. The monoisotopic (exact) mass is 292 g/mol.